The van der Waals surface area contributed by atoms with Crippen molar-refractivity contribution < 1.29 is 5.11 Å². The second kappa shape index (κ2) is 6.24. The van der Waals surface area contributed by atoms with Crippen molar-refractivity contribution in [3.05, 3.63) is 65.7 Å². The average molecular weight is 252 g/mol. The molecule has 0 fully saturated rings. The van der Waals surface area contributed by atoms with Crippen LogP contribution in [0, 0.1) is 0 Å². The van der Waals surface area contributed by atoms with Gasteiger partial charge < -0.3 is 5.11 Å². The Hall–Kier alpha value is -2.02. The van der Waals surface area contributed by atoms with E-state index in [0.29, 0.717) is 5.75 Å². The molecule has 2 aromatic rings. The Morgan fingerprint density at radius 1 is 0.789 bits per heavy atom. The molecular formula is C18H20O. The first-order chi connectivity index (χ1) is 9.27. The number of hydrogen-bond donors (Lipinski definition) is 1. The monoisotopic (exact) mass is 252 g/mol. The molecule has 0 spiro atoms. The highest BCUT2D eigenvalue weighted by Gasteiger charge is 2.11. The summed E-state index contributed by atoms with van der Waals surface area (Å²) in [5.74, 6) is 0.362. The Morgan fingerprint density at radius 2 is 1.37 bits per heavy atom. The summed E-state index contributed by atoms with van der Waals surface area (Å²) < 4.78 is 0. The van der Waals surface area contributed by atoms with Gasteiger partial charge in [-0.15, -0.1) is 0 Å². The third-order valence-electron chi connectivity index (χ3n) is 3.42. The van der Waals surface area contributed by atoms with Crippen molar-refractivity contribution in [1.29, 1.82) is 0 Å². The van der Waals surface area contributed by atoms with Gasteiger partial charge in [-0.25, -0.2) is 0 Å². The minimum absolute atomic E-state index is 0.362. The van der Waals surface area contributed by atoms with Gasteiger partial charge in [0.1, 0.15) is 5.75 Å². The van der Waals surface area contributed by atoms with Crippen molar-refractivity contribution >= 4 is 11.1 Å². The quantitative estimate of drug-likeness (QED) is 0.748. The molecule has 0 aromatic heterocycles. The molecule has 0 amide bonds. The molecule has 1 N–H and O–H groups in total. The molecule has 0 aliphatic rings. The van der Waals surface area contributed by atoms with E-state index in [-0.39, 0.29) is 0 Å². The van der Waals surface area contributed by atoms with Crippen molar-refractivity contribution in [3.63, 3.8) is 0 Å². The lowest BCUT2D eigenvalue weighted by atomic mass is 9.91. The summed E-state index contributed by atoms with van der Waals surface area (Å²) >= 11 is 0. The van der Waals surface area contributed by atoms with Gasteiger partial charge in [-0.3, -0.25) is 0 Å². The maximum atomic E-state index is 10.1. The summed E-state index contributed by atoms with van der Waals surface area (Å²) in [7, 11) is 0. The van der Waals surface area contributed by atoms with E-state index in [0.717, 1.165) is 18.4 Å². The number of phenolic OH excluding ortho intramolecular Hbond substituents is 1. The van der Waals surface area contributed by atoms with Gasteiger partial charge in [-0.05, 0) is 35.6 Å². The zero-order valence-corrected chi connectivity index (χ0v) is 11.6. The summed E-state index contributed by atoms with van der Waals surface area (Å²) in [5, 5.41) is 10.1. The van der Waals surface area contributed by atoms with Gasteiger partial charge in [0, 0.05) is 5.56 Å². The first-order valence-electron chi connectivity index (χ1n) is 6.83. The summed E-state index contributed by atoms with van der Waals surface area (Å²) in [4.78, 5) is 0. The molecule has 0 atom stereocenters. The number of hydrogen-bond acceptors (Lipinski definition) is 1. The molecule has 0 saturated heterocycles. The predicted molar refractivity (Wildman–Crippen MR) is 81.9 cm³/mol. The Balaban J connectivity index is 2.60. The Bertz CT molecular complexity index is 567. The van der Waals surface area contributed by atoms with Gasteiger partial charge in [0.25, 0.3) is 0 Å². The van der Waals surface area contributed by atoms with E-state index < -0.39 is 0 Å². The topological polar surface area (TPSA) is 20.2 Å². The van der Waals surface area contributed by atoms with Gasteiger partial charge in [0.2, 0.25) is 0 Å². The number of benzene rings is 2. The molecule has 0 radical (unpaired) electrons. The average Bonchev–Trinajstić information content (AvgIpc) is 2.46. The van der Waals surface area contributed by atoms with Gasteiger partial charge in [-0.2, -0.15) is 0 Å². The molecule has 0 heterocycles. The second-order valence-electron chi connectivity index (χ2n) is 4.55. The van der Waals surface area contributed by atoms with Crippen LogP contribution >= 0.6 is 0 Å². The third-order valence-corrected chi connectivity index (χ3v) is 3.42. The Labute approximate surface area is 115 Å². The molecule has 2 aromatic carbocycles. The molecule has 2 rings (SSSR count). The summed E-state index contributed by atoms with van der Waals surface area (Å²) in [6.45, 7) is 4.30. The van der Waals surface area contributed by atoms with Gasteiger partial charge in [-0.1, -0.05) is 62.4 Å². The summed E-state index contributed by atoms with van der Waals surface area (Å²) in [6, 6.07) is 18.0. The largest absolute Gasteiger partial charge is 0.507 e. The van der Waals surface area contributed by atoms with Crippen molar-refractivity contribution in [1.82, 2.24) is 0 Å². The van der Waals surface area contributed by atoms with Crippen molar-refractivity contribution in [3.8, 4) is 5.75 Å². The lowest BCUT2D eigenvalue weighted by molar-refractivity contribution is 0.473. The number of phenols is 1. The molecular weight excluding hydrogens is 232 g/mol. The lowest BCUT2D eigenvalue weighted by Gasteiger charge is -2.15. The molecule has 0 saturated carbocycles. The minimum Gasteiger partial charge on any atom is -0.507 e. The summed E-state index contributed by atoms with van der Waals surface area (Å²) in [6.07, 6.45) is 1.87. The van der Waals surface area contributed by atoms with Crippen LogP contribution in [-0.2, 0) is 0 Å². The fourth-order valence-corrected chi connectivity index (χ4v) is 2.53. The van der Waals surface area contributed by atoms with Crippen molar-refractivity contribution in [2.24, 2.45) is 0 Å². The zero-order chi connectivity index (χ0) is 13.7. The second-order valence-corrected chi connectivity index (χ2v) is 4.55. The highest BCUT2D eigenvalue weighted by Crippen LogP contribution is 2.35. The SMILES string of the molecule is CCC(=C(CC)c1ccccc1O)c1ccccc1. The number of allylic oxidation sites excluding steroid dienone is 2. The Morgan fingerprint density at radius 3 is 1.95 bits per heavy atom. The van der Waals surface area contributed by atoms with Crippen LogP contribution in [0.5, 0.6) is 5.75 Å². The zero-order valence-electron chi connectivity index (χ0n) is 11.6. The molecule has 19 heavy (non-hydrogen) atoms. The maximum Gasteiger partial charge on any atom is 0.123 e. The van der Waals surface area contributed by atoms with E-state index in [2.05, 4.69) is 38.1 Å². The van der Waals surface area contributed by atoms with E-state index in [9.17, 15) is 5.11 Å². The van der Waals surface area contributed by atoms with Crippen molar-refractivity contribution in [2.45, 2.75) is 26.7 Å². The van der Waals surface area contributed by atoms with Gasteiger partial charge in [0.15, 0.2) is 0 Å². The Kier molecular flexibility index (Phi) is 4.40. The molecule has 1 heteroatoms. The van der Waals surface area contributed by atoms with Crippen LogP contribution in [0.1, 0.15) is 37.8 Å². The predicted octanol–water partition coefficient (Wildman–Crippen LogP) is 5.12. The van der Waals surface area contributed by atoms with E-state index >= 15 is 0 Å². The van der Waals surface area contributed by atoms with Crippen LogP contribution in [0.3, 0.4) is 0 Å². The maximum absolute atomic E-state index is 10.1. The highest BCUT2D eigenvalue weighted by molar-refractivity contribution is 5.92. The fourth-order valence-electron chi connectivity index (χ4n) is 2.53. The third kappa shape index (κ3) is 2.87. The van der Waals surface area contributed by atoms with E-state index in [1.807, 2.05) is 24.3 Å². The number of aromatic hydroxyl groups is 1. The van der Waals surface area contributed by atoms with Gasteiger partial charge >= 0.3 is 0 Å². The molecule has 0 unspecified atom stereocenters. The van der Waals surface area contributed by atoms with Crippen LogP contribution in [0.25, 0.3) is 11.1 Å². The molecule has 1 nitrogen and oxygen atoms in total. The minimum atomic E-state index is 0.362. The van der Waals surface area contributed by atoms with E-state index in [4.69, 9.17) is 0 Å². The normalized spacial score (nSPS) is 12.1. The smallest absolute Gasteiger partial charge is 0.123 e. The highest BCUT2D eigenvalue weighted by atomic mass is 16.3. The van der Waals surface area contributed by atoms with E-state index in [1.54, 1.807) is 6.07 Å². The van der Waals surface area contributed by atoms with E-state index in [1.165, 1.54) is 16.7 Å². The molecule has 0 aliphatic heterocycles. The van der Waals surface area contributed by atoms with Crippen LogP contribution in [-0.4, -0.2) is 5.11 Å². The first kappa shape index (κ1) is 13.4. The standard InChI is InChI=1S/C18H20O/c1-3-15(14-10-6-5-7-11-14)16(4-2)17-12-8-9-13-18(17)19/h5-13,19H,3-4H2,1-2H3. The van der Waals surface area contributed by atoms with Crippen LogP contribution in [0.15, 0.2) is 54.6 Å². The molecule has 0 bridgehead atoms. The van der Waals surface area contributed by atoms with Crippen LogP contribution in [0.2, 0.25) is 0 Å². The number of rotatable bonds is 4. The van der Waals surface area contributed by atoms with Gasteiger partial charge in [0.05, 0.1) is 0 Å². The lowest BCUT2D eigenvalue weighted by Crippen LogP contribution is -1.92. The first-order valence-corrected chi connectivity index (χ1v) is 6.83. The number of para-hydroxylation sites is 1. The molecule has 98 valence electrons. The van der Waals surface area contributed by atoms with Crippen LogP contribution < -0.4 is 0 Å². The van der Waals surface area contributed by atoms with Crippen LogP contribution in [0.4, 0.5) is 0 Å². The molecule has 0 aliphatic carbocycles. The fraction of sp³-hybridized carbons (Fsp3) is 0.222. The summed E-state index contributed by atoms with van der Waals surface area (Å²) in [5.41, 5.74) is 4.73. The van der Waals surface area contributed by atoms with Crippen molar-refractivity contribution in [2.75, 3.05) is 0 Å².